The SMILES string of the molecule is C=CCOCOC1C[C@H](n2cc(/C=C/CNC(=O)CC)c(N)nc2=O)O[C@@H]1COP(=O)(O)OP(=O)(O)OP(=O)(O)O. The molecular formula is C19H31N4O15P3. The van der Waals surface area contributed by atoms with Gasteiger partial charge in [-0.15, -0.1) is 6.58 Å². The number of ether oxygens (including phenoxy) is 3. The fourth-order valence-corrected chi connectivity index (χ4v) is 6.28. The zero-order valence-electron chi connectivity index (χ0n) is 21.6. The molecule has 1 fully saturated rings. The maximum absolute atomic E-state index is 12.6. The minimum absolute atomic E-state index is 0.0386. The Balaban J connectivity index is 2.20. The van der Waals surface area contributed by atoms with E-state index in [-0.39, 0.29) is 38.1 Å². The second kappa shape index (κ2) is 15.4. The summed E-state index contributed by atoms with van der Waals surface area (Å²) < 4.78 is 64.2. The molecule has 0 aliphatic carbocycles. The number of aromatic nitrogens is 2. The molecule has 41 heavy (non-hydrogen) atoms. The van der Waals surface area contributed by atoms with Crippen molar-refractivity contribution in [1.29, 1.82) is 0 Å². The largest absolute Gasteiger partial charge is 0.490 e. The number of nitrogen functional groups attached to an aromatic ring is 1. The molecule has 7 N–H and O–H groups in total. The lowest BCUT2D eigenvalue weighted by Crippen LogP contribution is -2.30. The third-order valence-electron chi connectivity index (χ3n) is 4.96. The van der Waals surface area contributed by atoms with E-state index in [0.29, 0.717) is 12.0 Å². The second-order valence-corrected chi connectivity index (χ2v) is 12.5. The van der Waals surface area contributed by atoms with E-state index >= 15 is 0 Å². The monoisotopic (exact) mass is 648 g/mol. The molecule has 0 bridgehead atoms. The van der Waals surface area contributed by atoms with Crippen molar-refractivity contribution in [3.8, 4) is 0 Å². The van der Waals surface area contributed by atoms with E-state index < -0.39 is 54.2 Å². The van der Waals surface area contributed by atoms with Crippen LogP contribution in [0.25, 0.3) is 6.08 Å². The highest BCUT2D eigenvalue weighted by atomic mass is 31.3. The lowest BCUT2D eigenvalue weighted by atomic mass is 10.2. The number of amides is 1. The number of phosphoric ester groups is 1. The van der Waals surface area contributed by atoms with E-state index in [0.717, 1.165) is 4.57 Å². The molecule has 1 amide bonds. The molecule has 1 saturated heterocycles. The molecule has 22 heteroatoms. The summed E-state index contributed by atoms with van der Waals surface area (Å²) in [5.74, 6) is -0.271. The number of rotatable bonds is 17. The molecule has 1 aromatic heterocycles. The third-order valence-corrected chi connectivity index (χ3v) is 8.76. The summed E-state index contributed by atoms with van der Waals surface area (Å²) in [6.07, 6.45) is 2.94. The fraction of sp³-hybridized carbons (Fsp3) is 0.526. The van der Waals surface area contributed by atoms with Crippen LogP contribution in [0.1, 0.15) is 31.6 Å². The average Bonchev–Trinajstić information content (AvgIpc) is 3.24. The summed E-state index contributed by atoms with van der Waals surface area (Å²) >= 11 is 0. The van der Waals surface area contributed by atoms with Crippen LogP contribution in [0.5, 0.6) is 0 Å². The first-order valence-corrected chi connectivity index (χ1v) is 16.1. The predicted molar refractivity (Wildman–Crippen MR) is 139 cm³/mol. The maximum atomic E-state index is 12.6. The topological polar surface area (TPSA) is 278 Å². The van der Waals surface area contributed by atoms with Gasteiger partial charge in [0.05, 0.1) is 19.3 Å². The number of anilines is 1. The number of nitrogens with one attached hydrogen (secondary N) is 1. The predicted octanol–water partition coefficient (Wildman–Crippen LogP) is 0.541. The van der Waals surface area contributed by atoms with Gasteiger partial charge in [-0.2, -0.15) is 13.6 Å². The number of carbonyl (C=O) groups is 1. The number of phosphoric acid groups is 3. The van der Waals surface area contributed by atoms with Crippen molar-refractivity contribution < 1.29 is 65.4 Å². The highest BCUT2D eigenvalue weighted by Gasteiger charge is 2.43. The van der Waals surface area contributed by atoms with Crippen molar-refractivity contribution >= 4 is 41.3 Å². The lowest BCUT2D eigenvalue weighted by molar-refractivity contribution is -0.120. The molecule has 2 rings (SSSR count). The van der Waals surface area contributed by atoms with Gasteiger partial charge in [0.25, 0.3) is 0 Å². The van der Waals surface area contributed by atoms with Crippen LogP contribution < -0.4 is 16.7 Å². The van der Waals surface area contributed by atoms with Crippen LogP contribution in [0.15, 0.2) is 29.7 Å². The van der Waals surface area contributed by atoms with E-state index in [4.69, 9.17) is 29.7 Å². The Morgan fingerprint density at radius 3 is 2.61 bits per heavy atom. The van der Waals surface area contributed by atoms with Crippen molar-refractivity contribution in [3.63, 3.8) is 0 Å². The van der Waals surface area contributed by atoms with Gasteiger partial charge in [-0.05, 0) is 0 Å². The molecule has 5 atom stereocenters. The van der Waals surface area contributed by atoms with Crippen LogP contribution in [0, 0.1) is 0 Å². The molecule has 19 nitrogen and oxygen atoms in total. The van der Waals surface area contributed by atoms with E-state index in [1.165, 1.54) is 18.3 Å². The molecule has 3 unspecified atom stereocenters. The van der Waals surface area contributed by atoms with Gasteiger partial charge in [0.1, 0.15) is 24.9 Å². The van der Waals surface area contributed by atoms with Gasteiger partial charge >= 0.3 is 29.2 Å². The van der Waals surface area contributed by atoms with Crippen LogP contribution >= 0.6 is 23.5 Å². The summed E-state index contributed by atoms with van der Waals surface area (Å²) in [6.45, 7) is 4.38. The standard InChI is InChI=1S/C19H31N4O15P3/c1-3-8-33-12-34-14-9-17(23-10-13(18(20)22-19(23)25)6-5-7-21-16(24)4-2)36-15(14)11-35-40(29,30)38-41(31,32)37-39(26,27)28/h3,5-6,10,14-15,17H,1,4,7-9,11-12H2,2H3,(H,21,24)(H,29,30)(H,31,32)(H2,20,22,25)(H2,26,27,28)/b6-5+/t14?,15-,17-/m1/s1. The van der Waals surface area contributed by atoms with Gasteiger partial charge in [-0.1, -0.05) is 25.2 Å². The van der Waals surface area contributed by atoms with Gasteiger partial charge in [-0.3, -0.25) is 13.9 Å². The van der Waals surface area contributed by atoms with Crippen LogP contribution in [0.4, 0.5) is 5.82 Å². The van der Waals surface area contributed by atoms with E-state index in [1.54, 1.807) is 13.0 Å². The smallest absolute Gasteiger partial charge is 0.383 e. The molecule has 0 saturated carbocycles. The van der Waals surface area contributed by atoms with Crippen LogP contribution in [-0.4, -0.2) is 73.8 Å². The minimum atomic E-state index is -5.73. The summed E-state index contributed by atoms with van der Waals surface area (Å²) in [7, 11) is -16.8. The average molecular weight is 648 g/mol. The van der Waals surface area contributed by atoms with Crippen molar-refractivity contribution in [2.45, 2.75) is 38.2 Å². The summed E-state index contributed by atoms with van der Waals surface area (Å²) in [5.41, 5.74) is 5.34. The van der Waals surface area contributed by atoms with Crippen LogP contribution in [0.3, 0.4) is 0 Å². The maximum Gasteiger partial charge on any atom is 0.490 e. The Kier molecular flexibility index (Phi) is 13.2. The third kappa shape index (κ3) is 12.4. The molecular weight excluding hydrogens is 617 g/mol. The number of nitrogens with zero attached hydrogens (tertiary/aromatic N) is 2. The van der Waals surface area contributed by atoms with Crippen molar-refractivity contribution in [1.82, 2.24) is 14.9 Å². The Morgan fingerprint density at radius 2 is 1.98 bits per heavy atom. The number of carbonyl (C=O) groups excluding carboxylic acids is 1. The van der Waals surface area contributed by atoms with Gasteiger partial charge in [0, 0.05) is 31.1 Å². The van der Waals surface area contributed by atoms with Crippen molar-refractivity contribution in [2.75, 3.05) is 32.3 Å². The summed E-state index contributed by atoms with van der Waals surface area (Å²) in [4.78, 5) is 64.2. The first-order chi connectivity index (χ1) is 19.1. The van der Waals surface area contributed by atoms with Crippen LogP contribution in [0.2, 0.25) is 0 Å². The highest BCUT2D eigenvalue weighted by molar-refractivity contribution is 7.66. The molecule has 1 aliphatic rings. The Labute approximate surface area is 233 Å². The van der Waals surface area contributed by atoms with Crippen molar-refractivity contribution in [2.24, 2.45) is 0 Å². The molecule has 0 radical (unpaired) electrons. The quantitative estimate of drug-likeness (QED) is 0.0582. The Bertz CT molecular complexity index is 1300. The molecule has 0 aromatic carbocycles. The summed E-state index contributed by atoms with van der Waals surface area (Å²) in [6, 6.07) is 0. The normalized spacial score (nSPS) is 22.3. The number of hydrogen-bond acceptors (Lipinski definition) is 13. The summed E-state index contributed by atoms with van der Waals surface area (Å²) in [5, 5.41) is 2.63. The first-order valence-electron chi connectivity index (χ1n) is 11.6. The van der Waals surface area contributed by atoms with E-state index in [1.807, 2.05) is 0 Å². The van der Waals surface area contributed by atoms with E-state index in [2.05, 4.69) is 30.0 Å². The second-order valence-electron chi connectivity index (χ2n) is 8.07. The Morgan fingerprint density at radius 1 is 1.27 bits per heavy atom. The molecule has 232 valence electrons. The first kappa shape index (κ1) is 35.1. The molecule has 0 spiro atoms. The molecule has 2 heterocycles. The zero-order chi connectivity index (χ0) is 30.8. The van der Waals surface area contributed by atoms with Gasteiger partial charge in [0.2, 0.25) is 5.91 Å². The fourth-order valence-electron chi connectivity index (χ4n) is 3.25. The van der Waals surface area contributed by atoms with Gasteiger partial charge < -0.3 is 44.8 Å². The number of hydrogen-bond donors (Lipinski definition) is 6. The minimum Gasteiger partial charge on any atom is -0.383 e. The Hall–Kier alpha value is -2.08. The van der Waals surface area contributed by atoms with Crippen molar-refractivity contribution in [3.05, 3.63) is 41.0 Å². The molecule has 1 aromatic rings. The lowest BCUT2D eigenvalue weighted by Gasteiger charge is -2.21. The van der Waals surface area contributed by atoms with Crippen LogP contribution in [-0.2, 0) is 45.8 Å². The van der Waals surface area contributed by atoms with E-state index in [9.17, 15) is 33.1 Å². The van der Waals surface area contributed by atoms with Gasteiger partial charge in [-0.25, -0.2) is 18.5 Å². The highest BCUT2D eigenvalue weighted by Crippen LogP contribution is 2.66. The number of nitrogens with two attached hydrogens (primary N) is 1. The zero-order valence-corrected chi connectivity index (χ0v) is 24.3. The molecule has 1 aliphatic heterocycles. The van der Waals surface area contributed by atoms with Gasteiger partial charge in [0.15, 0.2) is 0 Å².